The fraction of sp³-hybridized carbons (Fsp3) is 0.333. The van der Waals surface area contributed by atoms with Crippen molar-refractivity contribution >= 4 is 35.5 Å². The largest absolute Gasteiger partial charge is 0.497 e. The van der Waals surface area contributed by atoms with Gasteiger partial charge >= 0.3 is 0 Å². The van der Waals surface area contributed by atoms with Gasteiger partial charge in [-0.05, 0) is 49.2 Å². The number of aromatic nitrogens is 3. The normalized spacial score (nSPS) is 12.5. The summed E-state index contributed by atoms with van der Waals surface area (Å²) in [6.45, 7) is 6.55. The molecule has 0 bridgehead atoms. The summed E-state index contributed by atoms with van der Waals surface area (Å²) in [5.41, 5.74) is 6.33. The van der Waals surface area contributed by atoms with Crippen LogP contribution in [0.2, 0.25) is 5.02 Å². The number of ether oxygens (including phenoxy) is 2. The number of methoxy groups -OCH3 is 1. The van der Waals surface area contributed by atoms with Crippen molar-refractivity contribution in [2.45, 2.75) is 46.4 Å². The van der Waals surface area contributed by atoms with Crippen LogP contribution >= 0.6 is 24.0 Å². The monoisotopic (exact) mass is 530 g/mol. The Kier molecular flexibility index (Phi) is 8.03. The number of rotatable bonds is 8. The fourth-order valence-corrected chi connectivity index (χ4v) is 4.88. The van der Waals surface area contributed by atoms with Crippen LogP contribution in [0.25, 0.3) is 16.8 Å². The van der Waals surface area contributed by atoms with Crippen molar-refractivity contribution in [2.75, 3.05) is 18.6 Å². The van der Waals surface area contributed by atoms with Crippen LogP contribution in [0.5, 0.6) is 5.75 Å². The van der Waals surface area contributed by atoms with Gasteiger partial charge in [0.15, 0.2) is 5.65 Å². The summed E-state index contributed by atoms with van der Waals surface area (Å²) in [6, 6.07) is 12.3. The van der Waals surface area contributed by atoms with E-state index >= 15 is 0 Å². The number of halogens is 3. The molecular weight excluding hydrogens is 502 g/mol. The van der Waals surface area contributed by atoms with Gasteiger partial charge < -0.3 is 14.4 Å². The number of anilines is 1. The van der Waals surface area contributed by atoms with Gasteiger partial charge in [0.1, 0.15) is 17.4 Å². The molecule has 0 radical (unpaired) electrons. The zero-order valence-electron chi connectivity index (χ0n) is 20.6. The van der Waals surface area contributed by atoms with E-state index in [1.54, 1.807) is 13.2 Å². The van der Waals surface area contributed by atoms with Gasteiger partial charge in [-0.3, -0.25) is 0 Å². The van der Waals surface area contributed by atoms with E-state index in [9.17, 15) is 4.39 Å². The second kappa shape index (κ2) is 11.0. The highest BCUT2D eigenvalue weighted by molar-refractivity contribution is 6.33. The quantitative estimate of drug-likeness (QED) is 0.251. The summed E-state index contributed by atoms with van der Waals surface area (Å²) in [5.74, 6) is 1.43. The standard InChI is InChI=1S/C27H28ClFN4O2.ClH/c1-4-5-12-32(14-18-6-8-19(29)9-7-18)27-22-15-35-16-24(22)30-26-25(17(2)31-33(26)27)21-11-10-20(34-3)13-23(21)28;/h6-11,13H,4-5,12,14-16H2,1-3H3;1H. The molecule has 1 aliphatic rings. The van der Waals surface area contributed by atoms with Gasteiger partial charge in [-0.25, -0.2) is 9.37 Å². The smallest absolute Gasteiger partial charge is 0.165 e. The van der Waals surface area contributed by atoms with Crippen LogP contribution in [-0.2, 0) is 24.5 Å². The number of nitrogens with zero attached hydrogens (tertiary/aromatic N) is 4. The van der Waals surface area contributed by atoms with Crippen molar-refractivity contribution in [1.29, 1.82) is 0 Å². The highest BCUT2D eigenvalue weighted by atomic mass is 35.5. The minimum absolute atomic E-state index is 0. The van der Waals surface area contributed by atoms with Crippen molar-refractivity contribution < 1.29 is 13.9 Å². The lowest BCUT2D eigenvalue weighted by Crippen LogP contribution is -2.28. The molecule has 2 aromatic heterocycles. The predicted molar refractivity (Wildman–Crippen MR) is 143 cm³/mol. The zero-order valence-corrected chi connectivity index (χ0v) is 22.1. The van der Waals surface area contributed by atoms with E-state index in [2.05, 4.69) is 11.8 Å². The van der Waals surface area contributed by atoms with E-state index in [0.29, 0.717) is 30.5 Å². The Morgan fingerprint density at radius 1 is 1.17 bits per heavy atom. The molecule has 0 saturated heterocycles. The predicted octanol–water partition coefficient (Wildman–Crippen LogP) is 6.76. The van der Waals surface area contributed by atoms with Crippen LogP contribution in [0.15, 0.2) is 42.5 Å². The van der Waals surface area contributed by atoms with Crippen molar-refractivity contribution in [3.05, 3.63) is 75.8 Å². The molecule has 0 N–H and O–H groups in total. The molecule has 6 nitrogen and oxygen atoms in total. The van der Waals surface area contributed by atoms with Crippen molar-refractivity contribution in [2.24, 2.45) is 0 Å². The minimum atomic E-state index is -0.238. The molecule has 0 saturated carbocycles. The van der Waals surface area contributed by atoms with Gasteiger partial charge in [0.25, 0.3) is 0 Å². The molecule has 190 valence electrons. The lowest BCUT2D eigenvalue weighted by Gasteiger charge is -2.27. The molecular formula is C27H29Cl2FN4O2. The Hall–Kier alpha value is -2.87. The van der Waals surface area contributed by atoms with E-state index in [0.717, 1.165) is 64.5 Å². The maximum absolute atomic E-state index is 13.6. The molecule has 36 heavy (non-hydrogen) atoms. The first-order valence-corrected chi connectivity index (χ1v) is 12.2. The average molecular weight is 531 g/mol. The van der Waals surface area contributed by atoms with Gasteiger partial charge in [-0.15, -0.1) is 12.4 Å². The molecule has 5 rings (SSSR count). The third kappa shape index (κ3) is 4.88. The molecule has 0 atom stereocenters. The lowest BCUT2D eigenvalue weighted by molar-refractivity contribution is 0.133. The number of hydrogen-bond acceptors (Lipinski definition) is 5. The second-order valence-electron chi connectivity index (χ2n) is 8.80. The minimum Gasteiger partial charge on any atom is -0.497 e. The van der Waals surface area contributed by atoms with Crippen molar-refractivity contribution in [3.8, 4) is 16.9 Å². The third-order valence-electron chi connectivity index (χ3n) is 6.39. The molecule has 9 heteroatoms. The molecule has 3 heterocycles. The van der Waals surface area contributed by atoms with Gasteiger partial charge in [-0.2, -0.15) is 9.61 Å². The summed E-state index contributed by atoms with van der Waals surface area (Å²) in [6.07, 6.45) is 2.07. The molecule has 4 aromatic rings. The zero-order chi connectivity index (χ0) is 24.5. The van der Waals surface area contributed by atoms with Crippen LogP contribution in [0.3, 0.4) is 0 Å². The van der Waals surface area contributed by atoms with Gasteiger partial charge in [0.2, 0.25) is 0 Å². The van der Waals surface area contributed by atoms with E-state index in [1.165, 1.54) is 12.1 Å². The topological polar surface area (TPSA) is 51.9 Å². The van der Waals surface area contributed by atoms with Crippen molar-refractivity contribution in [1.82, 2.24) is 14.6 Å². The van der Waals surface area contributed by atoms with Crippen LogP contribution < -0.4 is 9.64 Å². The third-order valence-corrected chi connectivity index (χ3v) is 6.71. The van der Waals surface area contributed by atoms with Gasteiger partial charge in [-0.1, -0.05) is 37.1 Å². The summed E-state index contributed by atoms with van der Waals surface area (Å²) in [4.78, 5) is 7.30. The Bertz CT molecular complexity index is 1370. The highest BCUT2D eigenvalue weighted by Crippen LogP contribution is 2.39. The maximum atomic E-state index is 13.6. The Morgan fingerprint density at radius 3 is 2.64 bits per heavy atom. The SMILES string of the molecule is CCCCN(Cc1ccc(F)cc1)c1c2c(nc3c(-c4ccc(OC)cc4Cl)c(C)nn13)COC2.Cl. The van der Waals surface area contributed by atoms with Crippen molar-refractivity contribution in [3.63, 3.8) is 0 Å². The molecule has 1 aliphatic heterocycles. The maximum Gasteiger partial charge on any atom is 0.165 e. The van der Waals surface area contributed by atoms with Crippen LogP contribution in [-0.4, -0.2) is 28.3 Å². The second-order valence-corrected chi connectivity index (χ2v) is 9.20. The molecule has 0 fully saturated rings. The molecule has 0 unspecified atom stereocenters. The number of aryl methyl sites for hydroxylation is 1. The van der Waals surface area contributed by atoms with Crippen LogP contribution in [0, 0.1) is 12.7 Å². The van der Waals surface area contributed by atoms with Crippen LogP contribution in [0.1, 0.15) is 42.3 Å². The average Bonchev–Trinajstić information content (AvgIpc) is 3.45. The van der Waals surface area contributed by atoms with E-state index in [1.807, 2.05) is 35.7 Å². The summed E-state index contributed by atoms with van der Waals surface area (Å²) in [7, 11) is 1.62. The van der Waals surface area contributed by atoms with Gasteiger partial charge in [0.05, 0.1) is 42.3 Å². The summed E-state index contributed by atoms with van der Waals surface area (Å²) < 4.78 is 26.6. The first kappa shape index (κ1) is 26.2. The molecule has 0 aliphatic carbocycles. The van der Waals surface area contributed by atoms with E-state index < -0.39 is 0 Å². The Labute approximate surface area is 221 Å². The summed E-state index contributed by atoms with van der Waals surface area (Å²) >= 11 is 6.67. The lowest BCUT2D eigenvalue weighted by atomic mass is 10.1. The van der Waals surface area contributed by atoms with Gasteiger partial charge in [0, 0.05) is 24.2 Å². The molecule has 0 spiro atoms. The first-order chi connectivity index (χ1) is 17.0. The Balaban J connectivity index is 0.00000304. The highest BCUT2D eigenvalue weighted by Gasteiger charge is 2.28. The summed E-state index contributed by atoms with van der Waals surface area (Å²) in [5, 5.41) is 5.52. The van der Waals surface area contributed by atoms with E-state index in [4.69, 9.17) is 31.2 Å². The molecule has 0 amide bonds. The number of unbranched alkanes of at least 4 members (excludes halogenated alkanes) is 1. The van der Waals surface area contributed by atoms with Crippen LogP contribution in [0.4, 0.5) is 10.2 Å². The first-order valence-electron chi connectivity index (χ1n) is 11.8. The Morgan fingerprint density at radius 2 is 1.94 bits per heavy atom. The fourth-order valence-electron chi connectivity index (χ4n) is 4.62. The molecule has 2 aromatic carbocycles. The number of hydrogen-bond donors (Lipinski definition) is 0. The number of benzene rings is 2. The number of fused-ring (bicyclic) bond motifs is 2. The van der Waals surface area contributed by atoms with E-state index in [-0.39, 0.29) is 18.2 Å².